The van der Waals surface area contributed by atoms with E-state index in [0.29, 0.717) is 4.83 Å². The summed E-state index contributed by atoms with van der Waals surface area (Å²) in [4.78, 5) is 3.20. The van der Waals surface area contributed by atoms with Crippen molar-refractivity contribution < 1.29 is 0 Å². The first-order chi connectivity index (χ1) is 7.24. The van der Waals surface area contributed by atoms with Gasteiger partial charge in [0, 0.05) is 22.4 Å². The number of piperidine rings is 1. The summed E-state index contributed by atoms with van der Waals surface area (Å²) < 4.78 is 1.16. The van der Waals surface area contributed by atoms with Crippen molar-refractivity contribution in [2.24, 2.45) is 0 Å². The van der Waals surface area contributed by atoms with Crippen LogP contribution >= 0.6 is 31.9 Å². The molecule has 0 bridgehead atoms. The normalized spacial score (nSPS) is 22.9. The van der Waals surface area contributed by atoms with Crippen LogP contribution in [0.5, 0.6) is 0 Å². The van der Waals surface area contributed by atoms with Crippen LogP contribution in [0.2, 0.25) is 0 Å². The molecule has 1 fully saturated rings. The van der Waals surface area contributed by atoms with E-state index in [4.69, 9.17) is 0 Å². The van der Waals surface area contributed by atoms with Gasteiger partial charge >= 0.3 is 0 Å². The predicted molar refractivity (Wildman–Crippen MR) is 71.4 cm³/mol. The molecular formula is C12H15Br2N. The van der Waals surface area contributed by atoms with Gasteiger partial charge in [0.2, 0.25) is 0 Å². The van der Waals surface area contributed by atoms with E-state index in [1.54, 1.807) is 0 Å². The fourth-order valence-corrected chi connectivity index (χ4v) is 2.99. The Morgan fingerprint density at radius 1 is 1.27 bits per heavy atom. The summed E-state index contributed by atoms with van der Waals surface area (Å²) >= 11 is 7.16. The standard InChI is InChI=1S/C12H15Br2N/c13-11-5-3-10(4-6-11)8-15-7-1-2-12(14)9-15/h3-6,12H,1-2,7-9H2. The lowest BCUT2D eigenvalue weighted by molar-refractivity contribution is 0.228. The average molecular weight is 333 g/mol. The molecule has 0 radical (unpaired) electrons. The van der Waals surface area contributed by atoms with Crippen LogP contribution in [0, 0.1) is 0 Å². The molecule has 0 aromatic heterocycles. The molecule has 1 aliphatic heterocycles. The van der Waals surface area contributed by atoms with Crippen LogP contribution in [-0.2, 0) is 6.54 Å². The number of benzene rings is 1. The van der Waals surface area contributed by atoms with Gasteiger partial charge in [0.15, 0.2) is 0 Å². The highest BCUT2D eigenvalue weighted by Gasteiger charge is 2.17. The van der Waals surface area contributed by atoms with Crippen molar-refractivity contribution in [3.63, 3.8) is 0 Å². The third-order valence-corrected chi connectivity index (χ3v) is 4.04. The van der Waals surface area contributed by atoms with E-state index in [1.807, 2.05) is 0 Å². The zero-order valence-electron chi connectivity index (χ0n) is 8.63. The largest absolute Gasteiger partial charge is 0.298 e. The van der Waals surface area contributed by atoms with Crippen LogP contribution in [0.1, 0.15) is 18.4 Å². The van der Waals surface area contributed by atoms with Gasteiger partial charge in [-0.25, -0.2) is 0 Å². The maximum absolute atomic E-state index is 3.70. The number of rotatable bonds is 2. The van der Waals surface area contributed by atoms with Gasteiger partial charge in [-0.05, 0) is 37.1 Å². The van der Waals surface area contributed by atoms with E-state index in [0.717, 1.165) is 11.0 Å². The van der Waals surface area contributed by atoms with Crippen LogP contribution < -0.4 is 0 Å². The van der Waals surface area contributed by atoms with Gasteiger partial charge < -0.3 is 0 Å². The first-order valence-corrected chi connectivity index (χ1v) is 7.06. The van der Waals surface area contributed by atoms with E-state index >= 15 is 0 Å². The molecule has 1 heterocycles. The molecule has 0 spiro atoms. The number of halogens is 2. The fourth-order valence-electron chi connectivity index (χ4n) is 1.99. The molecule has 0 aliphatic carbocycles. The van der Waals surface area contributed by atoms with E-state index in [2.05, 4.69) is 61.0 Å². The summed E-state index contributed by atoms with van der Waals surface area (Å²) in [5.41, 5.74) is 1.40. The first kappa shape index (κ1) is 11.6. The smallest absolute Gasteiger partial charge is 0.0273 e. The van der Waals surface area contributed by atoms with Gasteiger partial charge in [-0.15, -0.1) is 0 Å². The van der Waals surface area contributed by atoms with Crippen LogP contribution in [0.25, 0.3) is 0 Å². The summed E-state index contributed by atoms with van der Waals surface area (Å²) in [6.07, 6.45) is 2.63. The van der Waals surface area contributed by atoms with E-state index < -0.39 is 0 Å². The third-order valence-electron chi connectivity index (χ3n) is 2.77. The minimum atomic E-state index is 0.682. The minimum absolute atomic E-state index is 0.682. The summed E-state index contributed by atoms with van der Waals surface area (Å²) in [6.45, 7) is 3.49. The number of nitrogens with zero attached hydrogens (tertiary/aromatic N) is 1. The van der Waals surface area contributed by atoms with Crippen molar-refractivity contribution in [3.8, 4) is 0 Å². The Morgan fingerprint density at radius 2 is 2.00 bits per heavy atom. The molecule has 0 N–H and O–H groups in total. The van der Waals surface area contributed by atoms with Crippen LogP contribution in [0.3, 0.4) is 0 Å². The molecule has 1 nitrogen and oxygen atoms in total. The number of alkyl halides is 1. The van der Waals surface area contributed by atoms with Crippen molar-refractivity contribution >= 4 is 31.9 Å². The Morgan fingerprint density at radius 3 is 2.67 bits per heavy atom. The van der Waals surface area contributed by atoms with Crippen molar-refractivity contribution in [2.45, 2.75) is 24.2 Å². The molecule has 1 saturated heterocycles. The minimum Gasteiger partial charge on any atom is -0.298 e. The SMILES string of the molecule is Brc1ccc(CN2CCCC(Br)C2)cc1. The molecule has 15 heavy (non-hydrogen) atoms. The Hall–Kier alpha value is 0.140. The number of hydrogen-bond donors (Lipinski definition) is 0. The second-order valence-electron chi connectivity index (χ2n) is 4.10. The Balaban J connectivity index is 1.93. The quantitative estimate of drug-likeness (QED) is 0.744. The Bertz CT molecular complexity index is 310. The predicted octanol–water partition coefficient (Wildman–Crippen LogP) is 3.81. The highest BCUT2D eigenvalue weighted by molar-refractivity contribution is 9.10. The van der Waals surface area contributed by atoms with Gasteiger partial charge in [0.05, 0.1) is 0 Å². The summed E-state index contributed by atoms with van der Waals surface area (Å²) in [6, 6.07) is 8.62. The van der Waals surface area contributed by atoms with Gasteiger partial charge in [-0.2, -0.15) is 0 Å². The highest BCUT2D eigenvalue weighted by Crippen LogP contribution is 2.19. The summed E-state index contributed by atoms with van der Waals surface area (Å²) in [7, 11) is 0. The molecule has 2 rings (SSSR count). The number of hydrogen-bond acceptors (Lipinski definition) is 1. The van der Waals surface area contributed by atoms with Gasteiger partial charge in [-0.3, -0.25) is 4.90 Å². The third kappa shape index (κ3) is 3.58. The van der Waals surface area contributed by atoms with Crippen LogP contribution in [0.15, 0.2) is 28.7 Å². The summed E-state index contributed by atoms with van der Waals surface area (Å²) in [5.74, 6) is 0. The Labute approximate surface area is 108 Å². The Kier molecular flexibility index (Phi) is 4.23. The molecule has 0 amide bonds. The van der Waals surface area contributed by atoms with Crippen LogP contribution in [0.4, 0.5) is 0 Å². The first-order valence-electron chi connectivity index (χ1n) is 5.35. The van der Waals surface area contributed by atoms with E-state index in [-0.39, 0.29) is 0 Å². The second kappa shape index (κ2) is 5.46. The maximum atomic E-state index is 3.70. The van der Waals surface area contributed by atoms with Crippen molar-refractivity contribution in [3.05, 3.63) is 34.3 Å². The topological polar surface area (TPSA) is 3.24 Å². The molecule has 82 valence electrons. The highest BCUT2D eigenvalue weighted by atomic mass is 79.9. The zero-order chi connectivity index (χ0) is 10.7. The molecular weight excluding hydrogens is 318 g/mol. The molecule has 1 aromatic rings. The summed E-state index contributed by atoms with van der Waals surface area (Å²) in [5, 5.41) is 0. The monoisotopic (exact) mass is 331 g/mol. The van der Waals surface area contributed by atoms with Gasteiger partial charge in [-0.1, -0.05) is 44.0 Å². The molecule has 1 atom stereocenters. The molecule has 3 heteroatoms. The van der Waals surface area contributed by atoms with Crippen LogP contribution in [-0.4, -0.2) is 22.8 Å². The fraction of sp³-hybridized carbons (Fsp3) is 0.500. The second-order valence-corrected chi connectivity index (χ2v) is 6.31. The van der Waals surface area contributed by atoms with Gasteiger partial charge in [0.25, 0.3) is 0 Å². The lowest BCUT2D eigenvalue weighted by atomic mass is 10.1. The van der Waals surface area contributed by atoms with Gasteiger partial charge in [0.1, 0.15) is 0 Å². The van der Waals surface area contributed by atoms with Crippen molar-refractivity contribution in [1.29, 1.82) is 0 Å². The van der Waals surface area contributed by atoms with Crippen molar-refractivity contribution in [2.75, 3.05) is 13.1 Å². The lowest BCUT2D eigenvalue weighted by Gasteiger charge is -2.29. The molecule has 1 unspecified atom stereocenters. The van der Waals surface area contributed by atoms with Crippen molar-refractivity contribution in [1.82, 2.24) is 4.90 Å². The molecule has 0 saturated carbocycles. The lowest BCUT2D eigenvalue weighted by Crippen LogP contribution is -2.35. The molecule has 1 aromatic carbocycles. The maximum Gasteiger partial charge on any atom is 0.0273 e. The van der Waals surface area contributed by atoms with E-state index in [9.17, 15) is 0 Å². The number of likely N-dealkylation sites (tertiary alicyclic amines) is 1. The molecule has 1 aliphatic rings. The van der Waals surface area contributed by atoms with E-state index in [1.165, 1.54) is 31.5 Å². The zero-order valence-corrected chi connectivity index (χ0v) is 11.8. The average Bonchev–Trinajstić information content (AvgIpc) is 2.22.